The van der Waals surface area contributed by atoms with Gasteiger partial charge in [-0.3, -0.25) is 0 Å². The molecule has 2 unspecified atom stereocenters. The van der Waals surface area contributed by atoms with Gasteiger partial charge >= 0.3 is 0 Å². The second-order valence-electron chi connectivity index (χ2n) is 6.07. The van der Waals surface area contributed by atoms with Gasteiger partial charge in [0, 0.05) is 23.5 Å². The highest BCUT2D eigenvalue weighted by Gasteiger charge is 2.21. The van der Waals surface area contributed by atoms with Crippen molar-refractivity contribution in [3.8, 4) is 5.75 Å². The number of hydrogen-bond donors (Lipinski definition) is 3. The highest BCUT2D eigenvalue weighted by atomic mass is 16.3. The first-order valence-electron chi connectivity index (χ1n) is 7.61. The summed E-state index contributed by atoms with van der Waals surface area (Å²) in [6.07, 6.45) is 1.71. The van der Waals surface area contributed by atoms with Crippen molar-refractivity contribution in [1.82, 2.24) is 5.32 Å². The summed E-state index contributed by atoms with van der Waals surface area (Å²) in [6, 6.07) is 11.8. The summed E-state index contributed by atoms with van der Waals surface area (Å²) in [7, 11) is 0. The minimum atomic E-state index is -0.713. The molecule has 0 saturated carbocycles. The Morgan fingerprint density at radius 1 is 1.19 bits per heavy atom. The molecule has 0 saturated heterocycles. The maximum atomic E-state index is 10.5. The van der Waals surface area contributed by atoms with E-state index in [4.69, 9.17) is 0 Å². The minimum absolute atomic E-state index is 0.0158. The molecule has 0 fully saturated rings. The molecule has 3 N–H and O–H groups in total. The Morgan fingerprint density at radius 2 is 1.90 bits per heavy atom. The number of benzene rings is 2. The Hall–Kier alpha value is -1.58. The third kappa shape index (κ3) is 3.74. The van der Waals surface area contributed by atoms with Crippen molar-refractivity contribution < 1.29 is 10.2 Å². The lowest BCUT2D eigenvalue weighted by molar-refractivity contribution is 0.0476. The van der Waals surface area contributed by atoms with E-state index in [1.54, 1.807) is 0 Å². The third-order valence-electron chi connectivity index (χ3n) is 3.98. The van der Waals surface area contributed by atoms with Crippen LogP contribution >= 0.6 is 0 Å². The van der Waals surface area contributed by atoms with Gasteiger partial charge in [0.1, 0.15) is 5.75 Å². The van der Waals surface area contributed by atoms with E-state index in [0.29, 0.717) is 12.3 Å². The highest BCUT2D eigenvalue weighted by molar-refractivity contribution is 5.89. The van der Waals surface area contributed by atoms with E-state index in [-0.39, 0.29) is 6.04 Å². The highest BCUT2D eigenvalue weighted by Crippen LogP contribution is 2.32. The van der Waals surface area contributed by atoms with Gasteiger partial charge in [0.25, 0.3) is 0 Å². The molecule has 114 valence electrons. The van der Waals surface area contributed by atoms with Crippen LogP contribution in [0.5, 0.6) is 5.75 Å². The molecule has 0 aromatic heterocycles. The standard InChI is InChI=1S/C18H25NO2/c1-4-11-18(3,21)12-19-13(2)15-10-9-14-7-5-6-8-16(14)17(15)20/h5-10,13,19-21H,4,11-12H2,1-3H3. The van der Waals surface area contributed by atoms with E-state index in [2.05, 4.69) is 12.2 Å². The van der Waals surface area contributed by atoms with Crippen molar-refractivity contribution in [2.75, 3.05) is 6.54 Å². The number of nitrogens with one attached hydrogen (secondary N) is 1. The molecule has 0 aliphatic carbocycles. The van der Waals surface area contributed by atoms with Crippen LogP contribution in [0.15, 0.2) is 36.4 Å². The van der Waals surface area contributed by atoms with Gasteiger partial charge in [-0.05, 0) is 25.7 Å². The summed E-state index contributed by atoms with van der Waals surface area (Å²) in [5.41, 5.74) is 0.149. The predicted molar refractivity (Wildman–Crippen MR) is 87.6 cm³/mol. The van der Waals surface area contributed by atoms with Crippen LogP contribution in [0, 0.1) is 0 Å². The zero-order valence-corrected chi connectivity index (χ0v) is 13.1. The van der Waals surface area contributed by atoms with Crippen molar-refractivity contribution in [2.24, 2.45) is 0 Å². The monoisotopic (exact) mass is 287 g/mol. The molecule has 3 nitrogen and oxygen atoms in total. The van der Waals surface area contributed by atoms with Crippen molar-refractivity contribution in [3.05, 3.63) is 42.0 Å². The number of rotatable bonds is 6. The summed E-state index contributed by atoms with van der Waals surface area (Å²) in [5.74, 6) is 0.322. The quantitative estimate of drug-likeness (QED) is 0.758. The van der Waals surface area contributed by atoms with Gasteiger partial charge in [0.2, 0.25) is 0 Å². The first-order chi connectivity index (χ1) is 9.94. The minimum Gasteiger partial charge on any atom is -0.507 e. The molecule has 0 aliphatic heterocycles. The van der Waals surface area contributed by atoms with Crippen LogP contribution in [-0.2, 0) is 0 Å². The molecular weight excluding hydrogens is 262 g/mol. The number of hydrogen-bond acceptors (Lipinski definition) is 3. The van der Waals surface area contributed by atoms with Gasteiger partial charge in [-0.15, -0.1) is 0 Å². The van der Waals surface area contributed by atoms with E-state index in [1.807, 2.05) is 50.2 Å². The summed E-state index contributed by atoms with van der Waals surface area (Å²) in [5, 5.41) is 25.9. The average Bonchev–Trinajstić information content (AvgIpc) is 2.45. The lowest BCUT2D eigenvalue weighted by atomic mass is 9.98. The van der Waals surface area contributed by atoms with Gasteiger partial charge < -0.3 is 15.5 Å². The maximum Gasteiger partial charge on any atom is 0.128 e. The number of aromatic hydroxyl groups is 1. The summed E-state index contributed by atoms with van der Waals surface area (Å²) < 4.78 is 0. The van der Waals surface area contributed by atoms with Gasteiger partial charge in [-0.1, -0.05) is 49.7 Å². The zero-order chi connectivity index (χ0) is 15.5. The Kier molecular flexibility index (Phi) is 4.86. The molecule has 2 aromatic rings. The molecule has 0 radical (unpaired) electrons. The molecule has 0 bridgehead atoms. The number of phenols is 1. The molecule has 2 rings (SSSR count). The molecule has 3 heteroatoms. The first-order valence-corrected chi connectivity index (χ1v) is 7.61. The normalized spacial score (nSPS) is 15.8. The molecule has 0 spiro atoms. The van der Waals surface area contributed by atoms with Crippen molar-refractivity contribution in [3.63, 3.8) is 0 Å². The predicted octanol–water partition coefficient (Wildman–Crippen LogP) is 3.75. The molecule has 0 amide bonds. The first kappa shape index (κ1) is 15.8. The molecule has 2 atom stereocenters. The Labute approximate surface area is 126 Å². The largest absolute Gasteiger partial charge is 0.507 e. The van der Waals surface area contributed by atoms with Crippen LogP contribution in [-0.4, -0.2) is 22.4 Å². The fourth-order valence-electron chi connectivity index (χ4n) is 2.73. The summed E-state index contributed by atoms with van der Waals surface area (Å²) in [4.78, 5) is 0. The van der Waals surface area contributed by atoms with E-state index in [0.717, 1.165) is 29.2 Å². The number of aliphatic hydroxyl groups is 1. The van der Waals surface area contributed by atoms with Gasteiger partial charge in [0.05, 0.1) is 5.60 Å². The maximum absolute atomic E-state index is 10.5. The molecular formula is C18H25NO2. The van der Waals surface area contributed by atoms with Crippen molar-refractivity contribution >= 4 is 10.8 Å². The van der Waals surface area contributed by atoms with Gasteiger partial charge in [-0.25, -0.2) is 0 Å². The fourth-order valence-corrected chi connectivity index (χ4v) is 2.73. The Morgan fingerprint density at radius 3 is 2.62 bits per heavy atom. The van der Waals surface area contributed by atoms with Crippen molar-refractivity contribution in [2.45, 2.75) is 45.3 Å². The molecule has 0 heterocycles. The topological polar surface area (TPSA) is 52.5 Å². The lowest BCUT2D eigenvalue weighted by Gasteiger charge is -2.26. The average molecular weight is 287 g/mol. The Balaban J connectivity index is 2.16. The van der Waals surface area contributed by atoms with Crippen LogP contribution in [0.1, 0.15) is 45.2 Å². The fraction of sp³-hybridized carbons (Fsp3) is 0.444. The van der Waals surface area contributed by atoms with E-state index in [1.165, 1.54) is 0 Å². The second kappa shape index (κ2) is 6.46. The smallest absolute Gasteiger partial charge is 0.128 e. The SMILES string of the molecule is CCCC(C)(O)CNC(C)c1ccc2ccccc2c1O. The molecule has 2 aromatic carbocycles. The van der Waals surface area contributed by atoms with Crippen LogP contribution in [0.4, 0.5) is 0 Å². The number of phenolic OH excluding ortho intramolecular Hbond substituents is 1. The van der Waals surface area contributed by atoms with E-state index in [9.17, 15) is 10.2 Å². The van der Waals surface area contributed by atoms with E-state index < -0.39 is 5.60 Å². The van der Waals surface area contributed by atoms with Crippen LogP contribution in [0.2, 0.25) is 0 Å². The third-order valence-corrected chi connectivity index (χ3v) is 3.98. The van der Waals surface area contributed by atoms with Crippen LogP contribution in [0.25, 0.3) is 10.8 Å². The molecule has 21 heavy (non-hydrogen) atoms. The van der Waals surface area contributed by atoms with E-state index >= 15 is 0 Å². The lowest BCUT2D eigenvalue weighted by Crippen LogP contribution is -2.38. The van der Waals surface area contributed by atoms with Crippen LogP contribution in [0.3, 0.4) is 0 Å². The molecule has 0 aliphatic rings. The second-order valence-corrected chi connectivity index (χ2v) is 6.07. The zero-order valence-electron chi connectivity index (χ0n) is 13.1. The summed E-state index contributed by atoms with van der Waals surface area (Å²) in [6.45, 7) is 6.42. The van der Waals surface area contributed by atoms with Gasteiger partial charge in [-0.2, -0.15) is 0 Å². The number of fused-ring (bicyclic) bond motifs is 1. The Bertz CT molecular complexity index is 607. The van der Waals surface area contributed by atoms with Crippen molar-refractivity contribution in [1.29, 1.82) is 0 Å². The van der Waals surface area contributed by atoms with Crippen LogP contribution < -0.4 is 5.32 Å². The summed E-state index contributed by atoms with van der Waals surface area (Å²) >= 11 is 0. The van der Waals surface area contributed by atoms with Gasteiger partial charge in [0.15, 0.2) is 0 Å².